The lowest BCUT2D eigenvalue weighted by Crippen LogP contribution is -2.18. The lowest BCUT2D eigenvalue weighted by Gasteiger charge is -2.09. The first-order chi connectivity index (χ1) is 7.03. The van der Waals surface area contributed by atoms with Crippen LogP contribution in [0.3, 0.4) is 0 Å². The fraction of sp³-hybridized carbons (Fsp3) is 0.143. The molecular weight excluding hydrogens is 320 g/mol. The zero-order valence-corrected chi connectivity index (χ0v) is 11.4. The number of benzene rings is 1. The van der Waals surface area contributed by atoms with Crippen molar-refractivity contribution in [2.24, 2.45) is 10.3 Å². The average Bonchev–Trinajstić information content (AvgIpc) is 2.04. The minimum atomic E-state index is -3.99. The SMILES string of the molecule is Cc1c(S(N)(=O)=O)cc(Br)cc1S(N)(=O)=O. The van der Waals surface area contributed by atoms with Gasteiger partial charge in [-0.05, 0) is 24.6 Å². The van der Waals surface area contributed by atoms with Gasteiger partial charge in [0, 0.05) is 4.47 Å². The maximum absolute atomic E-state index is 11.2. The van der Waals surface area contributed by atoms with Crippen molar-refractivity contribution in [2.75, 3.05) is 0 Å². The second kappa shape index (κ2) is 4.08. The van der Waals surface area contributed by atoms with E-state index in [-0.39, 0.29) is 19.8 Å². The Kier molecular flexibility index (Phi) is 3.46. The molecule has 1 rings (SSSR count). The van der Waals surface area contributed by atoms with Crippen molar-refractivity contribution >= 4 is 36.0 Å². The van der Waals surface area contributed by atoms with Gasteiger partial charge in [0.05, 0.1) is 9.79 Å². The molecule has 0 unspecified atom stereocenters. The number of rotatable bonds is 2. The van der Waals surface area contributed by atoms with Crippen molar-refractivity contribution in [1.29, 1.82) is 0 Å². The van der Waals surface area contributed by atoms with E-state index in [4.69, 9.17) is 10.3 Å². The summed E-state index contributed by atoms with van der Waals surface area (Å²) in [5.74, 6) is 0. The Bertz CT molecular complexity index is 583. The Morgan fingerprint density at radius 2 is 1.31 bits per heavy atom. The molecular formula is C7H9BrN2O4S2. The van der Waals surface area contributed by atoms with Crippen LogP contribution in [-0.4, -0.2) is 16.8 Å². The molecule has 0 aliphatic rings. The largest absolute Gasteiger partial charge is 0.238 e. The fourth-order valence-corrected chi connectivity index (χ4v) is 3.70. The van der Waals surface area contributed by atoms with Crippen molar-refractivity contribution in [2.45, 2.75) is 16.7 Å². The summed E-state index contributed by atoms with van der Waals surface area (Å²) >= 11 is 2.99. The van der Waals surface area contributed by atoms with Crippen LogP contribution in [0.4, 0.5) is 0 Å². The molecule has 0 radical (unpaired) electrons. The van der Waals surface area contributed by atoms with E-state index < -0.39 is 20.0 Å². The van der Waals surface area contributed by atoms with Crippen molar-refractivity contribution in [3.05, 3.63) is 22.2 Å². The molecule has 0 heterocycles. The summed E-state index contributed by atoms with van der Waals surface area (Å²) in [5.41, 5.74) is 0.00759. The van der Waals surface area contributed by atoms with Crippen LogP contribution in [0.2, 0.25) is 0 Å². The van der Waals surface area contributed by atoms with Gasteiger partial charge in [-0.2, -0.15) is 0 Å². The van der Waals surface area contributed by atoms with Crippen LogP contribution < -0.4 is 10.3 Å². The van der Waals surface area contributed by atoms with Gasteiger partial charge in [-0.15, -0.1) is 0 Å². The van der Waals surface area contributed by atoms with E-state index in [1.165, 1.54) is 19.1 Å². The van der Waals surface area contributed by atoms with Gasteiger partial charge < -0.3 is 0 Å². The van der Waals surface area contributed by atoms with Gasteiger partial charge in [-0.1, -0.05) is 15.9 Å². The Morgan fingerprint density at radius 1 is 1.00 bits per heavy atom. The van der Waals surface area contributed by atoms with Crippen LogP contribution in [0.5, 0.6) is 0 Å². The zero-order chi connectivity index (χ0) is 12.7. The molecule has 0 spiro atoms. The van der Waals surface area contributed by atoms with E-state index in [1.807, 2.05) is 0 Å². The Hall–Kier alpha value is -0.480. The molecule has 0 fully saturated rings. The molecule has 0 atom stereocenters. The van der Waals surface area contributed by atoms with E-state index in [1.54, 1.807) is 0 Å². The highest BCUT2D eigenvalue weighted by atomic mass is 79.9. The molecule has 90 valence electrons. The molecule has 1 aromatic rings. The van der Waals surface area contributed by atoms with E-state index >= 15 is 0 Å². The number of hydrogen-bond acceptors (Lipinski definition) is 4. The summed E-state index contributed by atoms with van der Waals surface area (Å²) in [7, 11) is -7.98. The second-order valence-electron chi connectivity index (χ2n) is 3.12. The standard InChI is InChI=1S/C7H9BrN2O4S2/c1-4-6(15(9,11)12)2-5(8)3-7(4)16(10,13)14/h2-3H,1H3,(H2,9,11,12)(H2,10,13,14). The minimum absolute atomic E-state index is 0.00759. The third kappa shape index (κ3) is 2.80. The molecule has 0 saturated heterocycles. The van der Waals surface area contributed by atoms with E-state index in [0.717, 1.165) is 0 Å². The van der Waals surface area contributed by atoms with Gasteiger partial charge >= 0.3 is 0 Å². The molecule has 0 aliphatic heterocycles. The van der Waals surface area contributed by atoms with E-state index in [0.29, 0.717) is 0 Å². The summed E-state index contributed by atoms with van der Waals surface area (Å²) in [6.45, 7) is 1.33. The van der Waals surface area contributed by atoms with Crippen LogP contribution in [0.1, 0.15) is 5.56 Å². The third-order valence-electron chi connectivity index (χ3n) is 1.89. The van der Waals surface area contributed by atoms with Crippen molar-refractivity contribution in [3.63, 3.8) is 0 Å². The molecule has 0 amide bonds. The topological polar surface area (TPSA) is 120 Å². The molecule has 1 aromatic carbocycles. The molecule has 0 saturated carbocycles. The smallest absolute Gasteiger partial charge is 0.225 e. The van der Waals surface area contributed by atoms with Crippen LogP contribution in [0.25, 0.3) is 0 Å². The molecule has 16 heavy (non-hydrogen) atoms. The van der Waals surface area contributed by atoms with Gasteiger partial charge in [0.1, 0.15) is 0 Å². The quantitative estimate of drug-likeness (QED) is 0.796. The van der Waals surface area contributed by atoms with Gasteiger partial charge in [0.25, 0.3) is 0 Å². The molecule has 4 N–H and O–H groups in total. The average molecular weight is 329 g/mol. The number of sulfonamides is 2. The van der Waals surface area contributed by atoms with Crippen molar-refractivity contribution in [1.82, 2.24) is 0 Å². The number of primary sulfonamides is 2. The highest BCUT2D eigenvalue weighted by Gasteiger charge is 2.20. The first kappa shape index (κ1) is 13.6. The highest BCUT2D eigenvalue weighted by Crippen LogP contribution is 2.26. The Labute approximate surface area is 102 Å². The predicted octanol–water partition coefficient (Wildman–Crippen LogP) is 0.0523. The summed E-state index contributed by atoms with van der Waals surface area (Å²) in [6, 6.07) is 2.44. The molecule has 0 bridgehead atoms. The van der Waals surface area contributed by atoms with Crippen LogP contribution in [0, 0.1) is 6.92 Å². The first-order valence-electron chi connectivity index (χ1n) is 3.89. The van der Waals surface area contributed by atoms with Gasteiger partial charge in [0.15, 0.2) is 0 Å². The molecule has 9 heteroatoms. The molecule has 6 nitrogen and oxygen atoms in total. The van der Waals surface area contributed by atoms with Crippen LogP contribution >= 0.6 is 15.9 Å². The summed E-state index contributed by atoms with van der Waals surface area (Å²) in [4.78, 5) is -0.545. The Morgan fingerprint density at radius 3 is 1.56 bits per heavy atom. The fourth-order valence-electron chi connectivity index (χ4n) is 1.22. The maximum Gasteiger partial charge on any atom is 0.238 e. The molecule has 0 aromatic heterocycles. The Balaban J connectivity index is 3.78. The highest BCUT2D eigenvalue weighted by molar-refractivity contribution is 9.10. The normalized spacial score (nSPS) is 12.8. The van der Waals surface area contributed by atoms with Crippen molar-refractivity contribution in [3.8, 4) is 0 Å². The number of hydrogen-bond donors (Lipinski definition) is 2. The van der Waals surface area contributed by atoms with Gasteiger partial charge in [0.2, 0.25) is 20.0 Å². The lowest BCUT2D eigenvalue weighted by atomic mass is 10.2. The third-order valence-corrected chi connectivity index (χ3v) is 4.42. The van der Waals surface area contributed by atoms with Crippen LogP contribution in [0.15, 0.2) is 26.4 Å². The van der Waals surface area contributed by atoms with Crippen molar-refractivity contribution < 1.29 is 16.8 Å². The van der Waals surface area contributed by atoms with Gasteiger partial charge in [-0.25, -0.2) is 27.1 Å². The first-order valence-corrected chi connectivity index (χ1v) is 7.78. The number of nitrogens with two attached hydrogens (primary N) is 2. The summed E-state index contributed by atoms with van der Waals surface area (Å²) < 4.78 is 45.1. The lowest BCUT2D eigenvalue weighted by molar-refractivity contribution is 0.594. The predicted molar refractivity (Wildman–Crippen MR) is 61.6 cm³/mol. The monoisotopic (exact) mass is 328 g/mol. The van der Waals surface area contributed by atoms with Crippen LogP contribution in [-0.2, 0) is 20.0 Å². The maximum atomic E-state index is 11.2. The minimum Gasteiger partial charge on any atom is -0.225 e. The zero-order valence-electron chi connectivity index (χ0n) is 8.14. The number of halogens is 1. The summed E-state index contributed by atoms with van der Waals surface area (Å²) in [5, 5.41) is 9.91. The van der Waals surface area contributed by atoms with Gasteiger partial charge in [-0.3, -0.25) is 0 Å². The second-order valence-corrected chi connectivity index (χ2v) is 7.09. The molecule has 0 aliphatic carbocycles. The summed E-state index contributed by atoms with van der Waals surface area (Å²) in [6.07, 6.45) is 0. The van der Waals surface area contributed by atoms with E-state index in [2.05, 4.69) is 15.9 Å². The van der Waals surface area contributed by atoms with E-state index in [9.17, 15) is 16.8 Å².